The first-order valence-corrected chi connectivity index (χ1v) is 21.2. The predicted octanol–water partition coefficient (Wildman–Crippen LogP) is 5.23. The Bertz CT molecular complexity index is 2920. The molecular formula is C41H42FN13O5S. The molecule has 1 atom stereocenters. The zero-order valence-electron chi connectivity index (χ0n) is 33.7. The maximum atomic E-state index is 15.7. The molecule has 1 unspecified atom stereocenters. The third-order valence-corrected chi connectivity index (χ3v) is 12.7. The van der Waals surface area contributed by atoms with E-state index in [-0.39, 0.29) is 52.4 Å². The Balaban J connectivity index is 0.873. The van der Waals surface area contributed by atoms with Gasteiger partial charge in [-0.25, -0.2) is 22.6 Å². The number of amides is 3. The van der Waals surface area contributed by atoms with Gasteiger partial charge in [0, 0.05) is 75.1 Å². The average Bonchev–Trinajstić information content (AvgIpc) is 4.01. The van der Waals surface area contributed by atoms with Crippen molar-refractivity contribution in [3.8, 4) is 17.0 Å². The van der Waals surface area contributed by atoms with Crippen molar-refractivity contribution in [2.45, 2.75) is 49.1 Å². The summed E-state index contributed by atoms with van der Waals surface area (Å²) in [5.74, 6) is -0.144. The van der Waals surface area contributed by atoms with Crippen LogP contribution >= 0.6 is 0 Å². The maximum absolute atomic E-state index is 15.7. The molecule has 2 fully saturated rings. The molecule has 6 heterocycles. The third-order valence-electron chi connectivity index (χ3n) is 11.0. The van der Waals surface area contributed by atoms with Crippen LogP contribution in [-0.4, -0.2) is 104 Å². The smallest absolute Gasteiger partial charge is 0.329 e. The number of carbonyl (C=O) groups excluding carboxylic acids is 2. The number of hydrogen-bond acceptors (Lipinski definition) is 13. The number of benzene rings is 3. The second-order valence-electron chi connectivity index (χ2n) is 15.2. The monoisotopic (exact) mass is 847 g/mol. The number of sulfone groups is 1. The van der Waals surface area contributed by atoms with Gasteiger partial charge in [0.05, 0.1) is 33.3 Å². The first-order chi connectivity index (χ1) is 29.3. The molecule has 18 nitrogen and oxygen atoms in total. The average molecular weight is 848 g/mol. The number of carbonyl (C=O) groups is 2. The molecule has 20 heteroatoms. The first kappa shape index (κ1) is 39.5. The van der Waals surface area contributed by atoms with Crippen LogP contribution in [0.4, 0.5) is 32.3 Å². The molecule has 2 saturated heterocycles. The predicted molar refractivity (Wildman–Crippen MR) is 224 cm³/mol. The van der Waals surface area contributed by atoms with Crippen molar-refractivity contribution in [2.24, 2.45) is 7.05 Å². The summed E-state index contributed by atoms with van der Waals surface area (Å²) in [6.45, 7) is 8.98. The van der Waals surface area contributed by atoms with Gasteiger partial charge in [0.2, 0.25) is 27.3 Å². The number of aromatic amines is 1. The summed E-state index contributed by atoms with van der Waals surface area (Å²) in [4.78, 5) is 39.2. The van der Waals surface area contributed by atoms with Crippen LogP contribution in [0.5, 0.6) is 5.75 Å². The molecule has 3 amide bonds. The fourth-order valence-electron chi connectivity index (χ4n) is 7.75. The van der Waals surface area contributed by atoms with Gasteiger partial charge in [-0.15, -0.1) is 5.10 Å². The lowest BCUT2D eigenvalue weighted by molar-refractivity contribution is -0.120. The SMILES string of the molecule is CC(C)Oc1c(-c2cn[nH]c2)ncn2nc(Nc3ccc(S(=O)(=O)c4cccc(C(C)N5CCN(c6ccc7c(N8CCC(=O)NC8=O)nn(C)c7c6)CC5)c4)cc3F)nc12. The highest BCUT2D eigenvalue weighted by molar-refractivity contribution is 7.91. The number of anilines is 4. The van der Waals surface area contributed by atoms with Crippen molar-refractivity contribution in [3.05, 3.63) is 90.8 Å². The molecule has 314 valence electrons. The van der Waals surface area contributed by atoms with Crippen molar-refractivity contribution in [3.63, 3.8) is 0 Å². The topological polar surface area (TPSA) is 201 Å². The molecule has 0 bridgehead atoms. The number of ether oxygens (including phenoxy) is 1. The van der Waals surface area contributed by atoms with E-state index in [1.807, 2.05) is 39.1 Å². The lowest BCUT2D eigenvalue weighted by Crippen LogP contribution is -2.49. The molecular weight excluding hydrogens is 806 g/mol. The second-order valence-corrected chi connectivity index (χ2v) is 17.2. The van der Waals surface area contributed by atoms with Gasteiger partial charge in [-0.1, -0.05) is 12.1 Å². The normalized spacial score (nSPS) is 15.8. The molecule has 2 aliphatic heterocycles. The van der Waals surface area contributed by atoms with Gasteiger partial charge in [-0.2, -0.15) is 19.7 Å². The lowest BCUT2D eigenvalue weighted by atomic mass is 10.1. The summed E-state index contributed by atoms with van der Waals surface area (Å²) in [6, 6.07) is 16.0. The largest absolute Gasteiger partial charge is 0.485 e. The molecule has 3 N–H and O–H groups in total. The van der Waals surface area contributed by atoms with E-state index < -0.39 is 21.7 Å². The van der Waals surface area contributed by atoms with Crippen LogP contribution in [0.25, 0.3) is 27.8 Å². The number of imide groups is 1. The number of piperazine rings is 1. The second kappa shape index (κ2) is 15.6. The Morgan fingerprint density at radius 2 is 1.74 bits per heavy atom. The Labute approximate surface area is 349 Å². The fraction of sp³-hybridized carbons (Fsp3) is 0.293. The van der Waals surface area contributed by atoms with Crippen molar-refractivity contribution in [1.29, 1.82) is 0 Å². The molecule has 0 radical (unpaired) electrons. The van der Waals surface area contributed by atoms with Crippen LogP contribution in [0.15, 0.2) is 89.2 Å². The van der Waals surface area contributed by atoms with Crippen molar-refractivity contribution >= 4 is 61.5 Å². The van der Waals surface area contributed by atoms with Crippen molar-refractivity contribution in [2.75, 3.05) is 47.8 Å². The lowest BCUT2D eigenvalue weighted by Gasteiger charge is -2.39. The first-order valence-electron chi connectivity index (χ1n) is 19.7. The Morgan fingerprint density at radius 1 is 0.934 bits per heavy atom. The number of aromatic nitrogens is 8. The molecule has 0 aliphatic carbocycles. The van der Waals surface area contributed by atoms with Crippen LogP contribution < -0.4 is 25.2 Å². The fourth-order valence-corrected chi connectivity index (χ4v) is 9.08. The summed E-state index contributed by atoms with van der Waals surface area (Å²) < 4.78 is 52.7. The van der Waals surface area contributed by atoms with Gasteiger partial charge >= 0.3 is 6.03 Å². The van der Waals surface area contributed by atoms with Gasteiger partial charge in [0.1, 0.15) is 17.8 Å². The minimum Gasteiger partial charge on any atom is -0.485 e. The van der Waals surface area contributed by atoms with Crippen LogP contribution in [0, 0.1) is 5.82 Å². The van der Waals surface area contributed by atoms with E-state index in [2.05, 4.69) is 63.8 Å². The molecule has 3 aromatic carbocycles. The zero-order chi connectivity index (χ0) is 42.6. The molecule has 4 aromatic heterocycles. The Hall–Kier alpha value is -6.93. The Kier molecular flexibility index (Phi) is 10.1. The quantitative estimate of drug-likeness (QED) is 0.153. The van der Waals surface area contributed by atoms with Gasteiger partial charge in [-0.05, 0) is 74.9 Å². The number of H-pyrrole nitrogens is 1. The number of nitrogens with one attached hydrogen (secondary N) is 3. The highest BCUT2D eigenvalue weighted by atomic mass is 32.2. The molecule has 7 aromatic rings. The molecule has 2 aliphatic rings. The number of aryl methyl sites for hydroxylation is 1. The van der Waals surface area contributed by atoms with Crippen LogP contribution in [0.3, 0.4) is 0 Å². The van der Waals surface area contributed by atoms with E-state index in [9.17, 15) is 18.0 Å². The highest BCUT2D eigenvalue weighted by Crippen LogP contribution is 2.35. The van der Waals surface area contributed by atoms with Gasteiger partial charge < -0.3 is 15.0 Å². The third kappa shape index (κ3) is 7.48. The summed E-state index contributed by atoms with van der Waals surface area (Å²) in [5.41, 5.74) is 4.25. The van der Waals surface area contributed by atoms with Crippen LogP contribution in [0.2, 0.25) is 0 Å². The van der Waals surface area contributed by atoms with Gasteiger partial charge in [0.25, 0.3) is 0 Å². The van der Waals surface area contributed by atoms with Gasteiger partial charge in [-0.3, -0.25) is 29.7 Å². The van der Waals surface area contributed by atoms with Crippen LogP contribution in [0.1, 0.15) is 38.8 Å². The summed E-state index contributed by atoms with van der Waals surface area (Å²) in [5, 5.41) is 21.8. The maximum Gasteiger partial charge on any atom is 0.329 e. The molecule has 0 saturated carbocycles. The highest BCUT2D eigenvalue weighted by Gasteiger charge is 2.30. The van der Waals surface area contributed by atoms with E-state index in [1.165, 1.54) is 33.9 Å². The molecule has 61 heavy (non-hydrogen) atoms. The van der Waals surface area contributed by atoms with E-state index in [1.54, 1.807) is 29.2 Å². The van der Waals surface area contributed by atoms with E-state index >= 15 is 4.39 Å². The summed E-state index contributed by atoms with van der Waals surface area (Å²) in [6.07, 6.45) is 4.78. The van der Waals surface area contributed by atoms with E-state index in [4.69, 9.17) is 4.74 Å². The molecule has 0 spiro atoms. The van der Waals surface area contributed by atoms with Crippen molar-refractivity contribution in [1.82, 2.24) is 49.8 Å². The van der Waals surface area contributed by atoms with Crippen molar-refractivity contribution < 1.29 is 27.1 Å². The number of urea groups is 1. The molecule has 9 rings (SSSR count). The summed E-state index contributed by atoms with van der Waals surface area (Å²) in [7, 11) is -2.26. The van der Waals surface area contributed by atoms with E-state index in [0.717, 1.165) is 54.4 Å². The van der Waals surface area contributed by atoms with Crippen LogP contribution in [-0.2, 0) is 21.7 Å². The number of hydrogen-bond donors (Lipinski definition) is 3. The number of fused-ring (bicyclic) bond motifs is 2. The minimum atomic E-state index is -4.09. The zero-order valence-corrected chi connectivity index (χ0v) is 34.5. The minimum absolute atomic E-state index is 0.0130. The summed E-state index contributed by atoms with van der Waals surface area (Å²) >= 11 is 0. The number of halogens is 1. The van der Waals surface area contributed by atoms with Gasteiger partial charge in [0.15, 0.2) is 11.6 Å². The number of nitrogens with zero attached hydrogens (tertiary/aromatic N) is 10. The standard InChI is InChI=1S/C41H42FN13O5S/c1-24(2)60-37-36(27-21-44-45-22-27)43-23-55-39(37)48-40(50-55)46-33-11-9-30(20-32(33)42)61(58,59)29-7-5-6-26(18-29)25(3)52-14-16-53(17-15-52)28-8-10-31-34(19-28)51(4)49-38(31)54-13-12-35(56)47-41(54)57/h5-11,18-25H,12-17H2,1-4H3,(H,44,45)(H,46,50)(H,47,56,57). The number of rotatable bonds is 11. The Morgan fingerprint density at radius 3 is 2.48 bits per heavy atom. The van der Waals surface area contributed by atoms with E-state index in [0.29, 0.717) is 28.5 Å².